The van der Waals surface area contributed by atoms with E-state index in [1.165, 1.54) is 77.0 Å². The van der Waals surface area contributed by atoms with Crippen LogP contribution in [0.1, 0.15) is 111 Å². The summed E-state index contributed by atoms with van der Waals surface area (Å²) in [5.74, 6) is 5.16. The molecule has 174 valence electrons. The minimum Gasteiger partial charge on any atom is -0.393 e. The summed E-state index contributed by atoms with van der Waals surface area (Å²) < 4.78 is 0. The van der Waals surface area contributed by atoms with E-state index in [2.05, 4.69) is 39.0 Å². The van der Waals surface area contributed by atoms with E-state index in [4.69, 9.17) is 0 Å². The van der Waals surface area contributed by atoms with E-state index in [0.29, 0.717) is 10.8 Å². The first-order valence-corrected chi connectivity index (χ1v) is 14.0. The van der Waals surface area contributed by atoms with Gasteiger partial charge in [0.05, 0.1) is 6.10 Å². The molecule has 4 saturated carbocycles. The Labute approximate surface area is 192 Å². The Hall–Kier alpha value is -0.560. The van der Waals surface area contributed by atoms with Crippen molar-refractivity contribution in [2.45, 2.75) is 117 Å². The molecule has 0 spiro atoms. The van der Waals surface area contributed by atoms with E-state index in [1.54, 1.807) is 5.57 Å². The summed E-state index contributed by atoms with van der Waals surface area (Å²) in [5.41, 5.74) is 2.54. The van der Waals surface area contributed by atoms with Gasteiger partial charge in [-0.05, 0) is 111 Å². The molecule has 0 saturated heterocycles. The molecular formula is C30H48O. The first-order chi connectivity index (χ1) is 14.9. The highest BCUT2D eigenvalue weighted by Crippen LogP contribution is 2.67. The van der Waals surface area contributed by atoms with Crippen LogP contribution in [0, 0.1) is 46.3 Å². The summed E-state index contributed by atoms with van der Waals surface area (Å²) in [7, 11) is 0. The molecule has 0 bridgehead atoms. The zero-order valence-corrected chi connectivity index (χ0v) is 20.6. The van der Waals surface area contributed by atoms with Gasteiger partial charge in [-0.1, -0.05) is 70.3 Å². The lowest BCUT2D eigenvalue weighted by molar-refractivity contribution is -0.0540. The predicted molar refractivity (Wildman–Crippen MR) is 131 cm³/mol. The van der Waals surface area contributed by atoms with Crippen LogP contribution in [0.2, 0.25) is 0 Å². The molecule has 0 amide bonds. The van der Waals surface area contributed by atoms with Gasteiger partial charge in [-0.15, -0.1) is 0 Å². The van der Waals surface area contributed by atoms with Crippen LogP contribution in [-0.2, 0) is 0 Å². The van der Waals surface area contributed by atoms with Crippen LogP contribution in [0.5, 0.6) is 0 Å². The molecule has 1 unspecified atom stereocenters. The molecule has 0 heterocycles. The summed E-state index contributed by atoms with van der Waals surface area (Å²) in [6.07, 6.45) is 26.7. The van der Waals surface area contributed by atoms with Crippen LogP contribution >= 0.6 is 0 Å². The lowest BCUT2D eigenvalue weighted by atomic mass is 9.47. The van der Waals surface area contributed by atoms with E-state index >= 15 is 0 Å². The fourth-order valence-electron chi connectivity index (χ4n) is 9.52. The topological polar surface area (TPSA) is 20.2 Å². The van der Waals surface area contributed by atoms with Crippen molar-refractivity contribution in [3.8, 4) is 0 Å². The van der Waals surface area contributed by atoms with Crippen molar-refractivity contribution in [1.82, 2.24) is 0 Å². The normalized spacial score (nSPS) is 47.2. The molecule has 0 aromatic carbocycles. The van der Waals surface area contributed by atoms with E-state index in [0.717, 1.165) is 48.3 Å². The molecule has 31 heavy (non-hydrogen) atoms. The van der Waals surface area contributed by atoms with Crippen molar-refractivity contribution >= 4 is 0 Å². The van der Waals surface area contributed by atoms with Gasteiger partial charge in [0.2, 0.25) is 0 Å². The summed E-state index contributed by atoms with van der Waals surface area (Å²) in [4.78, 5) is 0. The summed E-state index contributed by atoms with van der Waals surface area (Å²) in [5, 5.41) is 10.3. The van der Waals surface area contributed by atoms with Crippen LogP contribution in [0.3, 0.4) is 0 Å². The molecule has 1 heteroatoms. The molecule has 5 aliphatic rings. The molecule has 1 N–H and O–H groups in total. The van der Waals surface area contributed by atoms with Crippen molar-refractivity contribution in [3.05, 3.63) is 23.8 Å². The van der Waals surface area contributed by atoms with Gasteiger partial charge >= 0.3 is 0 Å². The van der Waals surface area contributed by atoms with Gasteiger partial charge in [0.1, 0.15) is 0 Å². The largest absolute Gasteiger partial charge is 0.393 e. The Balaban J connectivity index is 1.31. The maximum absolute atomic E-state index is 10.3. The number of hydrogen-bond acceptors (Lipinski definition) is 1. The average Bonchev–Trinajstić information content (AvgIpc) is 2.92. The van der Waals surface area contributed by atoms with Crippen molar-refractivity contribution in [3.63, 3.8) is 0 Å². The number of aliphatic hydroxyl groups is 1. The van der Waals surface area contributed by atoms with E-state index in [-0.39, 0.29) is 6.10 Å². The van der Waals surface area contributed by atoms with E-state index in [9.17, 15) is 5.11 Å². The fourth-order valence-corrected chi connectivity index (χ4v) is 9.52. The molecule has 0 radical (unpaired) electrons. The van der Waals surface area contributed by atoms with Crippen molar-refractivity contribution in [2.24, 2.45) is 46.3 Å². The number of fused-ring (bicyclic) bond motifs is 5. The zero-order chi connectivity index (χ0) is 21.6. The maximum Gasteiger partial charge on any atom is 0.0577 e. The molecule has 0 aromatic rings. The van der Waals surface area contributed by atoms with Crippen molar-refractivity contribution < 1.29 is 5.11 Å². The molecule has 4 fully saturated rings. The highest BCUT2D eigenvalue weighted by atomic mass is 16.3. The molecule has 0 aliphatic heterocycles. The second-order valence-corrected chi connectivity index (χ2v) is 12.9. The quantitative estimate of drug-likeness (QED) is 0.358. The molecule has 0 aromatic heterocycles. The number of aliphatic hydroxyl groups excluding tert-OH is 1. The smallest absolute Gasteiger partial charge is 0.0577 e. The molecule has 8 atom stereocenters. The number of hydrogen-bond donors (Lipinski definition) is 1. The Morgan fingerprint density at radius 1 is 0.935 bits per heavy atom. The average molecular weight is 425 g/mol. The SMILES string of the molecule is C[C@H](/C=C/C1CCCCCC1)[C@H]1CC[C@H]2C3CC=C4C[C@@H](O)CC[C@]4(C)[C@H]3CC[C@]12C. The zero-order valence-electron chi connectivity index (χ0n) is 20.6. The maximum atomic E-state index is 10.3. The van der Waals surface area contributed by atoms with Gasteiger partial charge < -0.3 is 5.11 Å². The minimum absolute atomic E-state index is 0.0818. The Kier molecular flexibility index (Phi) is 6.21. The van der Waals surface area contributed by atoms with Crippen LogP contribution in [0.25, 0.3) is 0 Å². The van der Waals surface area contributed by atoms with Gasteiger partial charge in [0.15, 0.2) is 0 Å². The lowest BCUT2D eigenvalue weighted by Gasteiger charge is -2.58. The molecular weight excluding hydrogens is 376 g/mol. The number of allylic oxidation sites excluding steroid dienone is 3. The highest BCUT2D eigenvalue weighted by molar-refractivity contribution is 5.25. The third kappa shape index (κ3) is 3.89. The van der Waals surface area contributed by atoms with Crippen LogP contribution in [-0.4, -0.2) is 11.2 Å². The Morgan fingerprint density at radius 3 is 2.48 bits per heavy atom. The molecule has 5 aliphatic carbocycles. The monoisotopic (exact) mass is 424 g/mol. The summed E-state index contributed by atoms with van der Waals surface area (Å²) in [6.45, 7) is 7.79. The van der Waals surface area contributed by atoms with Gasteiger partial charge in [0.25, 0.3) is 0 Å². The van der Waals surface area contributed by atoms with Gasteiger partial charge in [0, 0.05) is 0 Å². The third-order valence-corrected chi connectivity index (χ3v) is 11.4. The first-order valence-electron chi connectivity index (χ1n) is 14.0. The lowest BCUT2D eigenvalue weighted by Crippen LogP contribution is -2.50. The molecule has 1 nitrogen and oxygen atoms in total. The van der Waals surface area contributed by atoms with Crippen LogP contribution in [0.4, 0.5) is 0 Å². The first kappa shape index (κ1) is 22.2. The van der Waals surface area contributed by atoms with Gasteiger partial charge in [-0.25, -0.2) is 0 Å². The second-order valence-electron chi connectivity index (χ2n) is 12.9. The predicted octanol–water partition coefficient (Wildman–Crippen LogP) is 8.09. The number of rotatable bonds is 3. The third-order valence-electron chi connectivity index (χ3n) is 11.4. The standard InChI is InChI=1S/C30H48O/c1-21(10-11-22-8-6-4-5-7-9-22)26-14-15-27-25-13-12-23-20-24(31)16-18-29(23,2)28(25)17-19-30(26,27)3/h10-12,21-22,24-28,31H,4-9,13-20H2,1-3H3/b11-10+/t21-,24+,25?,26-,27+,28+,29+,30-/m1/s1. The Morgan fingerprint density at radius 2 is 1.71 bits per heavy atom. The molecule has 5 rings (SSSR count). The Bertz CT molecular complexity index is 697. The summed E-state index contributed by atoms with van der Waals surface area (Å²) >= 11 is 0. The van der Waals surface area contributed by atoms with Gasteiger partial charge in [-0.3, -0.25) is 0 Å². The van der Waals surface area contributed by atoms with Crippen molar-refractivity contribution in [1.29, 1.82) is 0 Å². The van der Waals surface area contributed by atoms with E-state index < -0.39 is 0 Å². The summed E-state index contributed by atoms with van der Waals surface area (Å²) in [6, 6.07) is 0. The van der Waals surface area contributed by atoms with Crippen molar-refractivity contribution in [2.75, 3.05) is 0 Å². The van der Waals surface area contributed by atoms with Crippen LogP contribution in [0.15, 0.2) is 23.8 Å². The van der Waals surface area contributed by atoms with Crippen LogP contribution < -0.4 is 0 Å². The van der Waals surface area contributed by atoms with Gasteiger partial charge in [-0.2, -0.15) is 0 Å². The highest BCUT2D eigenvalue weighted by Gasteiger charge is 2.58. The minimum atomic E-state index is -0.0818. The second kappa shape index (κ2) is 8.66. The fraction of sp³-hybridized carbons (Fsp3) is 0.867. The van der Waals surface area contributed by atoms with E-state index in [1.807, 2.05) is 0 Å².